The molecule has 3 rings (SSSR count). The Morgan fingerprint density at radius 1 is 1.27 bits per heavy atom. The van der Waals surface area contributed by atoms with Gasteiger partial charge in [0.05, 0.1) is 15.6 Å². The molecular weight excluding hydrogens is 445 g/mol. The third-order valence-electron chi connectivity index (χ3n) is 4.49. The van der Waals surface area contributed by atoms with Crippen LogP contribution in [0.5, 0.6) is 0 Å². The van der Waals surface area contributed by atoms with E-state index >= 15 is 0 Å². The molecule has 0 spiro atoms. The largest absolute Gasteiger partial charge is 0.436 e. The van der Waals surface area contributed by atoms with Crippen molar-refractivity contribution in [3.05, 3.63) is 40.7 Å². The normalized spacial score (nSPS) is 14.7. The minimum absolute atomic E-state index is 0.0109. The van der Waals surface area contributed by atoms with Crippen LogP contribution in [0.15, 0.2) is 29.2 Å². The maximum Gasteiger partial charge on any atom is 0.436 e. The van der Waals surface area contributed by atoms with E-state index in [4.69, 9.17) is 11.6 Å². The molecule has 1 aliphatic carbocycles. The van der Waals surface area contributed by atoms with Gasteiger partial charge >= 0.3 is 6.18 Å². The molecule has 2 aromatic rings. The van der Waals surface area contributed by atoms with Crippen LogP contribution in [-0.2, 0) is 27.5 Å². The van der Waals surface area contributed by atoms with Crippen LogP contribution < -0.4 is 10.0 Å². The minimum atomic E-state index is -4.64. The van der Waals surface area contributed by atoms with Crippen molar-refractivity contribution in [3.63, 3.8) is 0 Å². The van der Waals surface area contributed by atoms with Crippen molar-refractivity contribution in [2.75, 3.05) is 11.9 Å². The fraction of sp³-hybridized carbons (Fsp3) is 0.444. The summed E-state index contributed by atoms with van der Waals surface area (Å²) in [6.07, 6.45) is -2.90. The minimum Gasteiger partial charge on any atom is -0.326 e. The first kappa shape index (κ1) is 22.6. The first-order chi connectivity index (χ1) is 14.0. The number of carbonyl (C=O) groups is 1. The van der Waals surface area contributed by atoms with Gasteiger partial charge in [0, 0.05) is 31.6 Å². The Bertz CT molecular complexity index is 1030. The zero-order valence-corrected chi connectivity index (χ0v) is 17.5. The smallest absolute Gasteiger partial charge is 0.326 e. The number of rotatable bonds is 8. The number of benzene rings is 1. The number of hydrogen-bond acceptors (Lipinski definition) is 4. The second kappa shape index (κ2) is 8.56. The van der Waals surface area contributed by atoms with E-state index < -0.39 is 21.9 Å². The molecule has 0 radical (unpaired) electrons. The van der Waals surface area contributed by atoms with Gasteiger partial charge in [-0.25, -0.2) is 13.1 Å². The summed E-state index contributed by atoms with van der Waals surface area (Å²) in [6, 6.07) is 5.62. The molecule has 1 fully saturated rings. The summed E-state index contributed by atoms with van der Waals surface area (Å²) in [5.74, 6) is -0.318. The van der Waals surface area contributed by atoms with Gasteiger partial charge < -0.3 is 5.32 Å². The summed E-state index contributed by atoms with van der Waals surface area (Å²) in [4.78, 5) is 11.0. The molecule has 1 aliphatic rings. The molecule has 1 aromatic heterocycles. The summed E-state index contributed by atoms with van der Waals surface area (Å²) < 4.78 is 67.6. The van der Waals surface area contributed by atoms with Crippen LogP contribution in [0.1, 0.15) is 43.5 Å². The van der Waals surface area contributed by atoms with Gasteiger partial charge in [0.1, 0.15) is 0 Å². The van der Waals surface area contributed by atoms with Gasteiger partial charge in [0.15, 0.2) is 5.69 Å². The molecular formula is C18H20ClF3N4O3S. The summed E-state index contributed by atoms with van der Waals surface area (Å²) >= 11 is 5.92. The first-order valence-corrected chi connectivity index (χ1v) is 11.1. The van der Waals surface area contributed by atoms with Crippen molar-refractivity contribution in [1.29, 1.82) is 0 Å². The van der Waals surface area contributed by atoms with Crippen LogP contribution in [0, 0.1) is 0 Å². The van der Waals surface area contributed by atoms with E-state index in [2.05, 4.69) is 15.1 Å². The van der Waals surface area contributed by atoms with Gasteiger partial charge in [-0.15, -0.1) is 0 Å². The van der Waals surface area contributed by atoms with Gasteiger partial charge in [-0.1, -0.05) is 11.6 Å². The molecule has 0 saturated heterocycles. The van der Waals surface area contributed by atoms with Crippen LogP contribution in [0.4, 0.5) is 18.9 Å². The van der Waals surface area contributed by atoms with E-state index in [-0.39, 0.29) is 41.3 Å². The zero-order valence-electron chi connectivity index (χ0n) is 16.0. The van der Waals surface area contributed by atoms with Crippen molar-refractivity contribution in [1.82, 2.24) is 14.5 Å². The van der Waals surface area contributed by atoms with E-state index in [9.17, 15) is 26.4 Å². The number of aryl methyl sites for hydroxylation is 1. The lowest BCUT2D eigenvalue weighted by atomic mass is 10.2. The second-order valence-corrected chi connectivity index (χ2v) is 9.14. The third-order valence-corrected chi connectivity index (χ3v) is 6.34. The molecule has 1 amide bonds. The molecule has 0 atom stereocenters. The third kappa shape index (κ3) is 5.32. The molecule has 2 N–H and O–H groups in total. The summed E-state index contributed by atoms with van der Waals surface area (Å²) in [5, 5.41) is 5.78. The fourth-order valence-corrected chi connectivity index (χ4v) is 4.46. The number of sulfonamides is 1. The average molecular weight is 465 g/mol. The van der Waals surface area contributed by atoms with Crippen molar-refractivity contribution >= 4 is 33.2 Å². The molecule has 0 unspecified atom stereocenters. The predicted molar refractivity (Wildman–Crippen MR) is 105 cm³/mol. The van der Waals surface area contributed by atoms with E-state index in [1.807, 2.05) is 0 Å². The SMILES string of the molecule is CC(=O)Nc1ccc(S(=O)(=O)NCCCn2nc(C(F)(F)F)c(Cl)c2C2CC2)cc1. The molecule has 1 aromatic carbocycles. The van der Waals surface area contributed by atoms with Gasteiger partial charge in [0.25, 0.3) is 0 Å². The molecule has 12 heteroatoms. The van der Waals surface area contributed by atoms with E-state index in [0.29, 0.717) is 11.4 Å². The zero-order chi connectivity index (χ0) is 22.1. The lowest BCUT2D eigenvalue weighted by molar-refractivity contribution is -0.141. The Labute approximate surface area is 176 Å². The Balaban J connectivity index is 1.61. The maximum atomic E-state index is 13.1. The Kier molecular flexibility index (Phi) is 6.44. The van der Waals surface area contributed by atoms with Crippen LogP contribution in [0.25, 0.3) is 0 Å². The molecule has 0 bridgehead atoms. The Morgan fingerprint density at radius 2 is 1.90 bits per heavy atom. The van der Waals surface area contributed by atoms with Crippen LogP contribution in [0.2, 0.25) is 5.02 Å². The number of amides is 1. The van der Waals surface area contributed by atoms with Gasteiger partial charge in [-0.05, 0) is 43.5 Å². The predicted octanol–water partition coefficient (Wildman–Crippen LogP) is 3.76. The van der Waals surface area contributed by atoms with Crippen molar-refractivity contribution in [3.8, 4) is 0 Å². The lowest BCUT2D eigenvalue weighted by Crippen LogP contribution is -2.26. The van der Waals surface area contributed by atoms with E-state index in [1.165, 1.54) is 35.9 Å². The maximum absolute atomic E-state index is 13.1. The quantitative estimate of drug-likeness (QED) is 0.582. The average Bonchev–Trinajstić information content (AvgIpc) is 3.41. The second-order valence-electron chi connectivity index (χ2n) is 7.00. The summed E-state index contributed by atoms with van der Waals surface area (Å²) in [5.41, 5.74) is -0.281. The van der Waals surface area contributed by atoms with E-state index in [1.54, 1.807) is 0 Å². The lowest BCUT2D eigenvalue weighted by Gasteiger charge is -2.09. The highest BCUT2D eigenvalue weighted by Gasteiger charge is 2.41. The molecule has 1 heterocycles. The number of aromatic nitrogens is 2. The molecule has 7 nitrogen and oxygen atoms in total. The van der Waals surface area contributed by atoms with Crippen molar-refractivity contribution < 1.29 is 26.4 Å². The van der Waals surface area contributed by atoms with Gasteiger partial charge in [-0.3, -0.25) is 9.48 Å². The molecule has 1 saturated carbocycles. The highest BCUT2D eigenvalue weighted by Crippen LogP contribution is 2.46. The topological polar surface area (TPSA) is 93.1 Å². The van der Waals surface area contributed by atoms with Gasteiger partial charge in [0.2, 0.25) is 15.9 Å². The number of nitrogens with zero attached hydrogens (tertiary/aromatic N) is 2. The number of alkyl halides is 3. The number of halogens is 4. The van der Waals surface area contributed by atoms with Gasteiger partial charge in [-0.2, -0.15) is 18.3 Å². The number of hydrogen-bond donors (Lipinski definition) is 2. The molecule has 164 valence electrons. The number of carbonyl (C=O) groups excluding carboxylic acids is 1. The standard InChI is InChI=1S/C18H20ClF3N4O3S/c1-11(27)24-13-5-7-14(8-6-13)30(28,29)23-9-2-10-26-16(12-3-4-12)15(19)17(25-26)18(20,21)22/h5-8,12,23H,2-4,9-10H2,1H3,(H,24,27). The van der Waals surface area contributed by atoms with Crippen molar-refractivity contribution in [2.24, 2.45) is 0 Å². The summed E-state index contributed by atoms with van der Waals surface area (Å²) in [7, 11) is -3.80. The van der Waals surface area contributed by atoms with Crippen molar-refractivity contribution in [2.45, 2.75) is 49.7 Å². The van der Waals surface area contributed by atoms with Crippen LogP contribution in [-0.4, -0.2) is 30.7 Å². The number of anilines is 1. The summed E-state index contributed by atoms with van der Waals surface area (Å²) in [6.45, 7) is 1.45. The Hall–Kier alpha value is -2.11. The monoisotopic (exact) mass is 464 g/mol. The number of nitrogens with one attached hydrogen (secondary N) is 2. The van der Waals surface area contributed by atoms with E-state index in [0.717, 1.165) is 12.8 Å². The highest BCUT2D eigenvalue weighted by molar-refractivity contribution is 7.89. The molecule has 0 aliphatic heterocycles. The van der Waals surface area contributed by atoms with Crippen LogP contribution >= 0.6 is 11.6 Å². The first-order valence-electron chi connectivity index (χ1n) is 9.20. The fourth-order valence-electron chi connectivity index (χ4n) is 2.99. The Morgan fingerprint density at radius 3 is 2.43 bits per heavy atom. The molecule has 30 heavy (non-hydrogen) atoms. The highest BCUT2D eigenvalue weighted by atomic mass is 35.5. The van der Waals surface area contributed by atoms with Crippen LogP contribution in [0.3, 0.4) is 0 Å².